The van der Waals surface area contributed by atoms with Crippen LogP contribution in [0.3, 0.4) is 0 Å². The number of aromatic nitrogens is 2. The summed E-state index contributed by atoms with van der Waals surface area (Å²) in [7, 11) is 1.91. The van der Waals surface area contributed by atoms with Crippen LogP contribution in [0.5, 0.6) is 0 Å². The SMILES string of the molecule is CCOCn1c(C)c(CN(C)c2ccccc2)c(=O)[nH]c1=O. The predicted molar refractivity (Wildman–Crippen MR) is 86.2 cm³/mol. The minimum atomic E-state index is -0.443. The predicted octanol–water partition coefficient (Wildman–Crippen LogP) is 1.48. The summed E-state index contributed by atoms with van der Waals surface area (Å²) in [6.45, 7) is 4.68. The van der Waals surface area contributed by atoms with Crippen LogP contribution in [0.2, 0.25) is 0 Å². The van der Waals surface area contributed by atoms with Gasteiger partial charge in [0.05, 0.1) is 5.56 Å². The van der Waals surface area contributed by atoms with Crippen molar-refractivity contribution >= 4 is 5.69 Å². The van der Waals surface area contributed by atoms with E-state index < -0.39 is 5.69 Å². The van der Waals surface area contributed by atoms with Crippen molar-refractivity contribution in [1.82, 2.24) is 9.55 Å². The first-order valence-electron chi connectivity index (χ1n) is 7.21. The molecule has 1 aromatic carbocycles. The number of ether oxygens (including phenoxy) is 1. The molecule has 0 atom stereocenters. The number of hydrogen-bond acceptors (Lipinski definition) is 4. The van der Waals surface area contributed by atoms with Crippen LogP contribution in [0.15, 0.2) is 39.9 Å². The van der Waals surface area contributed by atoms with Gasteiger partial charge in [0.25, 0.3) is 5.56 Å². The standard InChI is InChI=1S/C16H21N3O3/c1-4-22-11-19-12(2)14(15(20)17-16(19)21)10-18(3)13-8-6-5-7-9-13/h5-9H,4,10-11H2,1-3H3,(H,17,20,21). The Morgan fingerprint density at radius 3 is 2.55 bits per heavy atom. The average molecular weight is 303 g/mol. The van der Waals surface area contributed by atoms with E-state index in [2.05, 4.69) is 4.98 Å². The summed E-state index contributed by atoms with van der Waals surface area (Å²) in [6, 6.07) is 9.77. The number of nitrogens with zero attached hydrogens (tertiary/aromatic N) is 2. The molecule has 0 saturated carbocycles. The highest BCUT2D eigenvalue weighted by atomic mass is 16.5. The second-order valence-corrected chi connectivity index (χ2v) is 5.06. The lowest BCUT2D eigenvalue weighted by Crippen LogP contribution is -2.37. The second-order valence-electron chi connectivity index (χ2n) is 5.06. The van der Waals surface area contributed by atoms with Gasteiger partial charge in [-0.05, 0) is 26.0 Å². The summed E-state index contributed by atoms with van der Waals surface area (Å²) in [4.78, 5) is 28.3. The molecule has 2 rings (SSSR count). The first-order valence-corrected chi connectivity index (χ1v) is 7.21. The fourth-order valence-electron chi connectivity index (χ4n) is 2.25. The van der Waals surface area contributed by atoms with Crippen LogP contribution in [0, 0.1) is 6.92 Å². The lowest BCUT2D eigenvalue weighted by atomic mass is 10.2. The van der Waals surface area contributed by atoms with Crippen LogP contribution in [0.1, 0.15) is 18.2 Å². The highest BCUT2D eigenvalue weighted by Crippen LogP contribution is 2.14. The van der Waals surface area contributed by atoms with Gasteiger partial charge >= 0.3 is 5.69 Å². The molecule has 0 saturated heterocycles. The van der Waals surface area contributed by atoms with Crippen molar-refractivity contribution in [2.24, 2.45) is 0 Å². The molecule has 0 aliphatic carbocycles. The molecule has 0 spiro atoms. The van der Waals surface area contributed by atoms with E-state index in [1.807, 2.05) is 49.2 Å². The summed E-state index contributed by atoms with van der Waals surface area (Å²) < 4.78 is 6.74. The van der Waals surface area contributed by atoms with Gasteiger partial charge in [0.15, 0.2) is 0 Å². The van der Waals surface area contributed by atoms with Gasteiger partial charge in [0.1, 0.15) is 6.73 Å². The normalized spacial score (nSPS) is 10.7. The summed E-state index contributed by atoms with van der Waals surface area (Å²) in [6.07, 6.45) is 0. The number of rotatable bonds is 6. The van der Waals surface area contributed by atoms with Crippen LogP contribution in [-0.2, 0) is 18.0 Å². The average Bonchev–Trinajstić information content (AvgIpc) is 2.52. The maximum atomic E-state index is 12.1. The van der Waals surface area contributed by atoms with Crippen LogP contribution in [0.4, 0.5) is 5.69 Å². The monoisotopic (exact) mass is 303 g/mol. The van der Waals surface area contributed by atoms with Crippen molar-refractivity contribution in [2.45, 2.75) is 27.1 Å². The lowest BCUT2D eigenvalue weighted by Gasteiger charge is -2.21. The highest BCUT2D eigenvalue weighted by molar-refractivity contribution is 5.45. The zero-order valence-corrected chi connectivity index (χ0v) is 13.1. The summed E-state index contributed by atoms with van der Waals surface area (Å²) >= 11 is 0. The molecule has 2 aromatic rings. The zero-order chi connectivity index (χ0) is 16.1. The topological polar surface area (TPSA) is 67.3 Å². The van der Waals surface area contributed by atoms with Gasteiger partial charge in [-0.15, -0.1) is 0 Å². The maximum absolute atomic E-state index is 12.1. The molecular formula is C16H21N3O3. The first kappa shape index (κ1) is 16.0. The van der Waals surface area contributed by atoms with E-state index in [4.69, 9.17) is 4.74 Å². The van der Waals surface area contributed by atoms with Crippen molar-refractivity contribution in [3.8, 4) is 0 Å². The fraction of sp³-hybridized carbons (Fsp3) is 0.375. The van der Waals surface area contributed by atoms with E-state index >= 15 is 0 Å². The first-order chi connectivity index (χ1) is 10.5. The van der Waals surface area contributed by atoms with Gasteiger partial charge in [-0.25, -0.2) is 4.79 Å². The molecule has 0 unspecified atom stereocenters. The van der Waals surface area contributed by atoms with E-state index in [1.54, 1.807) is 6.92 Å². The third kappa shape index (κ3) is 3.46. The lowest BCUT2D eigenvalue weighted by molar-refractivity contribution is 0.0826. The Morgan fingerprint density at radius 1 is 1.23 bits per heavy atom. The minimum Gasteiger partial charge on any atom is -0.370 e. The van der Waals surface area contributed by atoms with Gasteiger partial charge in [-0.2, -0.15) is 0 Å². The molecule has 0 aliphatic rings. The number of hydrogen-bond donors (Lipinski definition) is 1. The Labute approximate surface area is 129 Å². The maximum Gasteiger partial charge on any atom is 0.330 e. The Bertz CT molecular complexity index is 735. The van der Waals surface area contributed by atoms with Gasteiger partial charge in [-0.1, -0.05) is 18.2 Å². The zero-order valence-electron chi connectivity index (χ0n) is 13.1. The van der Waals surface area contributed by atoms with Gasteiger partial charge in [0.2, 0.25) is 0 Å². The molecular weight excluding hydrogens is 282 g/mol. The van der Waals surface area contributed by atoms with Gasteiger partial charge in [0, 0.05) is 31.6 Å². The molecule has 6 nitrogen and oxygen atoms in total. The Hall–Kier alpha value is -2.34. The summed E-state index contributed by atoms with van der Waals surface area (Å²) in [5, 5.41) is 0. The molecule has 118 valence electrons. The molecule has 1 heterocycles. The smallest absolute Gasteiger partial charge is 0.330 e. The number of aromatic amines is 1. The molecule has 22 heavy (non-hydrogen) atoms. The van der Waals surface area contributed by atoms with Crippen molar-refractivity contribution in [3.05, 3.63) is 62.4 Å². The van der Waals surface area contributed by atoms with Crippen LogP contribution in [0.25, 0.3) is 0 Å². The number of benzene rings is 1. The third-order valence-corrected chi connectivity index (χ3v) is 3.60. The molecule has 6 heteroatoms. The van der Waals surface area contributed by atoms with Crippen molar-refractivity contribution in [2.75, 3.05) is 18.6 Å². The minimum absolute atomic E-state index is 0.139. The molecule has 1 N–H and O–H groups in total. The second kappa shape index (κ2) is 7.09. The Balaban J connectivity index is 2.34. The van der Waals surface area contributed by atoms with Crippen LogP contribution in [-0.4, -0.2) is 23.2 Å². The van der Waals surface area contributed by atoms with Crippen LogP contribution < -0.4 is 16.1 Å². The molecule has 0 radical (unpaired) electrons. The molecule has 0 fully saturated rings. The summed E-state index contributed by atoms with van der Waals surface area (Å²) in [5.41, 5.74) is 1.40. The number of para-hydroxylation sites is 1. The van der Waals surface area contributed by atoms with E-state index in [9.17, 15) is 9.59 Å². The van der Waals surface area contributed by atoms with Crippen molar-refractivity contribution < 1.29 is 4.74 Å². The largest absolute Gasteiger partial charge is 0.370 e. The van der Waals surface area contributed by atoms with Crippen molar-refractivity contribution in [3.63, 3.8) is 0 Å². The van der Waals surface area contributed by atoms with Gasteiger partial charge in [-0.3, -0.25) is 14.3 Å². The molecule has 1 aromatic heterocycles. The summed E-state index contributed by atoms with van der Waals surface area (Å²) in [5.74, 6) is 0. The molecule has 0 bridgehead atoms. The van der Waals surface area contributed by atoms with E-state index in [0.717, 1.165) is 5.69 Å². The van der Waals surface area contributed by atoms with E-state index in [0.29, 0.717) is 24.4 Å². The fourth-order valence-corrected chi connectivity index (χ4v) is 2.25. The number of anilines is 1. The van der Waals surface area contributed by atoms with Crippen molar-refractivity contribution in [1.29, 1.82) is 0 Å². The Morgan fingerprint density at radius 2 is 1.91 bits per heavy atom. The molecule has 0 amide bonds. The highest BCUT2D eigenvalue weighted by Gasteiger charge is 2.13. The van der Waals surface area contributed by atoms with Crippen LogP contribution >= 0.6 is 0 Å². The van der Waals surface area contributed by atoms with Gasteiger partial charge < -0.3 is 9.64 Å². The Kier molecular flexibility index (Phi) is 5.16. The molecule has 0 aliphatic heterocycles. The third-order valence-electron chi connectivity index (χ3n) is 3.60. The van der Waals surface area contributed by atoms with E-state index in [-0.39, 0.29) is 12.3 Å². The number of nitrogens with one attached hydrogen (secondary N) is 1. The van der Waals surface area contributed by atoms with E-state index in [1.165, 1.54) is 4.57 Å². The number of H-pyrrole nitrogens is 1. The quantitative estimate of drug-likeness (QED) is 0.877.